The van der Waals surface area contributed by atoms with Crippen LogP contribution in [0.4, 0.5) is 11.5 Å². The molecule has 0 bridgehead atoms. The van der Waals surface area contributed by atoms with Crippen LogP contribution < -0.4 is 20.1 Å². The van der Waals surface area contributed by atoms with Crippen LogP contribution in [0.2, 0.25) is 0 Å². The number of carbonyl (C=O) groups excluding carboxylic acids is 2. The van der Waals surface area contributed by atoms with Gasteiger partial charge in [0.2, 0.25) is 11.8 Å². The summed E-state index contributed by atoms with van der Waals surface area (Å²) in [5.74, 6) is 1.34. The molecule has 0 fully saturated rings. The molecular formula is C17H20N4O4S. The van der Waals surface area contributed by atoms with Crippen molar-refractivity contribution in [2.75, 3.05) is 30.6 Å². The number of thioether (sulfide) groups is 1. The van der Waals surface area contributed by atoms with Gasteiger partial charge in [-0.05, 0) is 24.3 Å². The number of anilines is 2. The molecular weight excluding hydrogens is 356 g/mol. The molecule has 0 unspecified atom stereocenters. The van der Waals surface area contributed by atoms with E-state index < -0.39 is 0 Å². The van der Waals surface area contributed by atoms with E-state index >= 15 is 0 Å². The SMILES string of the molecule is CCC(=O)Nc1ccc(SCC(=O)Nc2cc(OC)ccc2OC)nn1. The fourth-order valence-electron chi connectivity index (χ4n) is 1.93. The van der Waals surface area contributed by atoms with E-state index in [9.17, 15) is 9.59 Å². The minimum absolute atomic E-state index is 0.133. The third-order valence-corrected chi connectivity index (χ3v) is 4.18. The van der Waals surface area contributed by atoms with Crippen LogP contribution in [0, 0.1) is 0 Å². The monoisotopic (exact) mass is 376 g/mol. The average Bonchev–Trinajstić information content (AvgIpc) is 2.67. The van der Waals surface area contributed by atoms with Crippen LogP contribution in [0.15, 0.2) is 35.4 Å². The molecule has 2 aromatic rings. The van der Waals surface area contributed by atoms with Crippen molar-refractivity contribution in [2.45, 2.75) is 18.4 Å². The van der Waals surface area contributed by atoms with E-state index in [1.807, 2.05) is 0 Å². The number of nitrogens with one attached hydrogen (secondary N) is 2. The summed E-state index contributed by atoms with van der Waals surface area (Å²) in [6.07, 6.45) is 0.367. The number of rotatable bonds is 8. The van der Waals surface area contributed by atoms with Gasteiger partial charge in [0.15, 0.2) is 5.82 Å². The summed E-state index contributed by atoms with van der Waals surface area (Å²) in [5, 5.41) is 13.9. The summed E-state index contributed by atoms with van der Waals surface area (Å²) in [6, 6.07) is 8.49. The smallest absolute Gasteiger partial charge is 0.234 e. The number of aromatic nitrogens is 2. The molecule has 2 rings (SSSR count). The lowest BCUT2D eigenvalue weighted by molar-refractivity contribution is -0.116. The quantitative estimate of drug-likeness (QED) is 0.683. The molecule has 26 heavy (non-hydrogen) atoms. The van der Waals surface area contributed by atoms with E-state index in [1.165, 1.54) is 18.9 Å². The molecule has 0 aliphatic carbocycles. The van der Waals surface area contributed by atoms with Crippen LogP contribution >= 0.6 is 11.8 Å². The highest BCUT2D eigenvalue weighted by molar-refractivity contribution is 7.99. The molecule has 1 aromatic carbocycles. The lowest BCUT2D eigenvalue weighted by Crippen LogP contribution is -2.15. The third kappa shape index (κ3) is 5.62. The van der Waals surface area contributed by atoms with Crippen molar-refractivity contribution in [1.29, 1.82) is 0 Å². The van der Waals surface area contributed by atoms with Gasteiger partial charge in [-0.25, -0.2) is 0 Å². The lowest BCUT2D eigenvalue weighted by atomic mass is 10.2. The Labute approximate surface area is 155 Å². The highest BCUT2D eigenvalue weighted by Crippen LogP contribution is 2.29. The van der Waals surface area contributed by atoms with E-state index in [-0.39, 0.29) is 17.6 Å². The van der Waals surface area contributed by atoms with Gasteiger partial charge in [-0.2, -0.15) is 0 Å². The maximum atomic E-state index is 12.2. The van der Waals surface area contributed by atoms with Gasteiger partial charge in [0.05, 0.1) is 25.7 Å². The summed E-state index contributed by atoms with van der Waals surface area (Å²) in [4.78, 5) is 23.5. The van der Waals surface area contributed by atoms with Crippen molar-refractivity contribution in [2.24, 2.45) is 0 Å². The normalized spacial score (nSPS) is 10.1. The van der Waals surface area contributed by atoms with Crippen molar-refractivity contribution in [1.82, 2.24) is 10.2 Å². The number of methoxy groups -OCH3 is 2. The maximum Gasteiger partial charge on any atom is 0.234 e. The lowest BCUT2D eigenvalue weighted by Gasteiger charge is -2.11. The molecule has 8 nitrogen and oxygen atoms in total. The Balaban J connectivity index is 1.91. The Morgan fingerprint density at radius 3 is 2.46 bits per heavy atom. The number of nitrogens with zero attached hydrogens (tertiary/aromatic N) is 2. The van der Waals surface area contributed by atoms with Gasteiger partial charge in [-0.3, -0.25) is 9.59 Å². The average molecular weight is 376 g/mol. The van der Waals surface area contributed by atoms with Crippen LogP contribution in [0.25, 0.3) is 0 Å². The molecule has 0 aliphatic heterocycles. The summed E-state index contributed by atoms with van der Waals surface area (Å²) in [6.45, 7) is 1.75. The molecule has 1 heterocycles. The number of hydrogen-bond donors (Lipinski definition) is 2. The summed E-state index contributed by atoms with van der Waals surface area (Å²) in [5.41, 5.74) is 0.529. The zero-order valence-electron chi connectivity index (χ0n) is 14.7. The number of amides is 2. The Morgan fingerprint density at radius 2 is 1.85 bits per heavy atom. The van der Waals surface area contributed by atoms with Crippen molar-refractivity contribution in [3.05, 3.63) is 30.3 Å². The fraction of sp³-hybridized carbons (Fsp3) is 0.294. The molecule has 2 amide bonds. The van der Waals surface area contributed by atoms with Crippen LogP contribution in [0.5, 0.6) is 11.5 Å². The maximum absolute atomic E-state index is 12.2. The largest absolute Gasteiger partial charge is 0.497 e. The molecule has 0 saturated heterocycles. The minimum atomic E-state index is -0.216. The molecule has 0 radical (unpaired) electrons. The predicted molar refractivity (Wildman–Crippen MR) is 99.9 cm³/mol. The Morgan fingerprint density at radius 1 is 1.04 bits per heavy atom. The van der Waals surface area contributed by atoms with Crippen molar-refractivity contribution in [3.8, 4) is 11.5 Å². The number of benzene rings is 1. The zero-order valence-corrected chi connectivity index (χ0v) is 15.6. The molecule has 1 aromatic heterocycles. The Hall–Kier alpha value is -2.81. The van der Waals surface area contributed by atoms with E-state index in [4.69, 9.17) is 9.47 Å². The third-order valence-electron chi connectivity index (χ3n) is 3.26. The van der Waals surface area contributed by atoms with Crippen LogP contribution in [0.3, 0.4) is 0 Å². The molecule has 9 heteroatoms. The number of carbonyl (C=O) groups is 2. The van der Waals surface area contributed by atoms with Crippen LogP contribution in [-0.2, 0) is 9.59 Å². The molecule has 138 valence electrons. The molecule has 0 spiro atoms. The molecule has 0 saturated carbocycles. The van der Waals surface area contributed by atoms with E-state index in [2.05, 4.69) is 20.8 Å². The van der Waals surface area contributed by atoms with Gasteiger partial charge in [0, 0.05) is 12.5 Å². The first-order valence-electron chi connectivity index (χ1n) is 7.84. The summed E-state index contributed by atoms with van der Waals surface area (Å²) < 4.78 is 10.4. The predicted octanol–water partition coefficient (Wildman–Crippen LogP) is 2.57. The van der Waals surface area contributed by atoms with Crippen molar-refractivity contribution in [3.63, 3.8) is 0 Å². The fourth-order valence-corrected chi connectivity index (χ4v) is 2.55. The van der Waals surface area contributed by atoms with Gasteiger partial charge >= 0.3 is 0 Å². The minimum Gasteiger partial charge on any atom is -0.497 e. The van der Waals surface area contributed by atoms with Gasteiger partial charge in [0.25, 0.3) is 0 Å². The first-order chi connectivity index (χ1) is 12.5. The van der Waals surface area contributed by atoms with E-state index in [0.29, 0.717) is 34.5 Å². The van der Waals surface area contributed by atoms with Gasteiger partial charge < -0.3 is 20.1 Å². The van der Waals surface area contributed by atoms with E-state index in [0.717, 1.165) is 0 Å². The number of ether oxygens (including phenoxy) is 2. The first-order valence-corrected chi connectivity index (χ1v) is 8.82. The molecule has 0 aliphatic rings. The Kier molecular flexibility index (Phi) is 7.22. The van der Waals surface area contributed by atoms with Crippen LogP contribution in [-0.4, -0.2) is 42.0 Å². The second kappa shape index (κ2) is 9.62. The topological polar surface area (TPSA) is 102 Å². The summed E-state index contributed by atoms with van der Waals surface area (Å²) >= 11 is 1.23. The van der Waals surface area contributed by atoms with Crippen molar-refractivity contribution >= 4 is 35.1 Å². The Bertz CT molecular complexity index is 768. The van der Waals surface area contributed by atoms with E-state index in [1.54, 1.807) is 44.4 Å². The number of hydrogen-bond acceptors (Lipinski definition) is 7. The highest BCUT2D eigenvalue weighted by Gasteiger charge is 2.10. The zero-order chi connectivity index (χ0) is 18.9. The first kappa shape index (κ1) is 19.5. The standard InChI is InChI=1S/C17H20N4O4S/c1-4-15(22)19-14-7-8-17(21-20-14)26-10-16(23)18-12-9-11(24-2)5-6-13(12)25-3/h5-9H,4,10H2,1-3H3,(H,18,23)(H,19,20,22). The van der Waals surface area contributed by atoms with Crippen LogP contribution in [0.1, 0.15) is 13.3 Å². The van der Waals surface area contributed by atoms with Gasteiger partial charge in [0.1, 0.15) is 16.5 Å². The molecule has 2 N–H and O–H groups in total. The van der Waals surface area contributed by atoms with Crippen molar-refractivity contribution < 1.29 is 19.1 Å². The van der Waals surface area contributed by atoms with Gasteiger partial charge in [-0.15, -0.1) is 10.2 Å². The summed E-state index contributed by atoms with van der Waals surface area (Å²) in [7, 11) is 3.08. The molecule has 0 atom stereocenters. The highest BCUT2D eigenvalue weighted by atomic mass is 32.2. The second-order valence-corrected chi connectivity index (χ2v) is 6.06. The second-order valence-electron chi connectivity index (χ2n) is 5.06. The van der Waals surface area contributed by atoms with Gasteiger partial charge in [-0.1, -0.05) is 18.7 Å².